The molecule has 5 aromatic rings. The predicted octanol–water partition coefficient (Wildman–Crippen LogP) is 5.13. The lowest BCUT2D eigenvalue weighted by atomic mass is 10.2. The summed E-state index contributed by atoms with van der Waals surface area (Å²) in [6, 6.07) is 21.1. The molecule has 1 fully saturated rings. The molecule has 7 heteroatoms. The summed E-state index contributed by atoms with van der Waals surface area (Å²) in [6.45, 7) is 4.31. The van der Waals surface area contributed by atoms with E-state index in [0.717, 1.165) is 71.0 Å². The van der Waals surface area contributed by atoms with Gasteiger partial charge in [-0.1, -0.05) is 12.1 Å². The lowest BCUT2D eigenvalue weighted by Gasteiger charge is -2.34. The number of likely N-dealkylation sites (N-methyl/N-ethyl adjacent to an activating group) is 1. The van der Waals surface area contributed by atoms with Crippen LogP contribution in [0.3, 0.4) is 0 Å². The van der Waals surface area contributed by atoms with E-state index in [1.165, 1.54) is 9.26 Å². The van der Waals surface area contributed by atoms with Crippen LogP contribution in [0.1, 0.15) is 0 Å². The number of hydrogen-bond acceptors (Lipinski definition) is 4. The van der Waals surface area contributed by atoms with Gasteiger partial charge in [-0.05, 0) is 78.2 Å². The van der Waals surface area contributed by atoms with Gasteiger partial charge in [0.15, 0.2) is 0 Å². The Bertz CT molecular complexity index is 1430. The van der Waals surface area contributed by atoms with Gasteiger partial charge < -0.3 is 19.8 Å². The minimum Gasteiger partial charge on any atom is -0.369 e. The molecule has 0 unspecified atom stereocenters. The van der Waals surface area contributed by atoms with Crippen LogP contribution in [0.2, 0.25) is 0 Å². The molecule has 1 saturated heterocycles. The fourth-order valence-corrected chi connectivity index (χ4v) is 4.87. The topological polar surface area (TPSA) is 63.8 Å². The van der Waals surface area contributed by atoms with E-state index in [1.807, 2.05) is 0 Å². The van der Waals surface area contributed by atoms with Crippen molar-refractivity contribution in [2.45, 2.75) is 0 Å². The van der Waals surface area contributed by atoms with Gasteiger partial charge in [0, 0.05) is 46.6 Å². The molecule has 0 amide bonds. The lowest BCUT2D eigenvalue weighted by Crippen LogP contribution is -2.44. The zero-order valence-electron chi connectivity index (χ0n) is 17.8. The third kappa shape index (κ3) is 3.65. The number of fused-ring (bicyclic) bond motifs is 2. The summed E-state index contributed by atoms with van der Waals surface area (Å²) < 4.78 is 1.19. The van der Waals surface area contributed by atoms with Crippen LogP contribution >= 0.6 is 22.6 Å². The quantitative estimate of drug-likeness (QED) is 0.315. The number of halogens is 1. The molecule has 2 N–H and O–H groups in total. The molecule has 32 heavy (non-hydrogen) atoms. The standard InChI is InChI=1S/C25H23IN6/c1-31-9-11-32(12-10-31)19-6-8-21-23(15-19)30-25(28-21)17-5-7-20-22(14-17)29-24(27-20)16-3-2-4-18(26)13-16/h2-8,13-15H,9-12H2,1H3,(H,27,29)(H,28,30). The second kappa shape index (κ2) is 7.90. The van der Waals surface area contributed by atoms with Gasteiger partial charge in [0.1, 0.15) is 11.6 Å². The van der Waals surface area contributed by atoms with Gasteiger partial charge in [-0.15, -0.1) is 0 Å². The molecule has 3 aromatic carbocycles. The van der Waals surface area contributed by atoms with E-state index >= 15 is 0 Å². The molecule has 2 aromatic heterocycles. The monoisotopic (exact) mass is 534 g/mol. The van der Waals surface area contributed by atoms with E-state index in [4.69, 9.17) is 9.97 Å². The second-order valence-electron chi connectivity index (χ2n) is 8.40. The smallest absolute Gasteiger partial charge is 0.138 e. The van der Waals surface area contributed by atoms with Crippen molar-refractivity contribution in [1.29, 1.82) is 0 Å². The predicted molar refractivity (Wildman–Crippen MR) is 139 cm³/mol. The molecule has 3 heterocycles. The van der Waals surface area contributed by atoms with Crippen molar-refractivity contribution in [2.24, 2.45) is 0 Å². The normalized spacial score (nSPS) is 15.1. The number of hydrogen-bond donors (Lipinski definition) is 2. The third-order valence-electron chi connectivity index (χ3n) is 6.19. The number of benzene rings is 3. The van der Waals surface area contributed by atoms with Crippen LogP contribution in [0.5, 0.6) is 0 Å². The molecule has 6 nitrogen and oxygen atoms in total. The molecule has 0 saturated carbocycles. The highest BCUT2D eigenvalue weighted by molar-refractivity contribution is 14.1. The van der Waals surface area contributed by atoms with Crippen LogP contribution in [0.25, 0.3) is 44.8 Å². The van der Waals surface area contributed by atoms with E-state index < -0.39 is 0 Å². The first-order chi connectivity index (χ1) is 15.6. The van der Waals surface area contributed by atoms with E-state index in [-0.39, 0.29) is 0 Å². The zero-order chi connectivity index (χ0) is 21.7. The number of nitrogens with one attached hydrogen (secondary N) is 2. The summed E-state index contributed by atoms with van der Waals surface area (Å²) in [4.78, 5) is 21.4. The summed E-state index contributed by atoms with van der Waals surface area (Å²) in [5.74, 6) is 1.76. The van der Waals surface area contributed by atoms with Gasteiger partial charge in [0.05, 0.1) is 22.1 Å². The largest absolute Gasteiger partial charge is 0.369 e. The van der Waals surface area contributed by atoms with Crippen LogP contribution in [0.15, 0.2) is 60.7 Å². The Morgan fingerprint density at radius 2 is 1.41 bits per heavy atom. The van der Waals surface area contributed by atoms with E-state index in [0.29, 0.717) is 0 Å². The Morgan fingerprint density at radius 1 is 0.750 bits per heavy atom. The fraction of sp³-hybridized carbons (Fsp3) is 0.200. The van der Waals surface area contributed by atoms with Crippen molar-refractivity contribution in [2.75, 3.05) is 38.1 Å². The highest BCUT2D eigenvalue weighted by Gasteiger charge is 2.16. The third-order valence-corrected chi connectivity index (χ3v) is 6.86. The van der Waals surface area contributed by atoms with Gasteiger partial charge in [-0.25, -0.2) is 9.97 Å². The van der Waals surface area contributed by atoms with Gasteiger partial charge in [0.2, 0.25) is 0 Å². The number of aromatic nitrogens is 4. The molecular formula is C25H23IN6. The van der Waals surface area contributed by atoms with Crippen molar-refractivity contribution in [3.63, 3.8) is 0 Å². The highest BCUT2D eigenvalue weighted by atomic mass is 127. The Morgan fingerprint density at radius 3 is 2.12 bits per heavy atom. The number of H-pyrrole nitrogens is 2. The Labute approximate surface area is 199 Å². The minimum absolute atomic E-state index is 0.878. The van der Waals surface area contributed by atoms with Crippen LogP contribution in [-0.4, -0.2) is 58.1 Å². The average molecular weight is 534 g/mol. The molecule has 0 spiro atoms. The van der Waals surface area contributed by atoms with E-state index in [9.17, 15) is 0 Å². The van der Waals surface area contributed by atoms with Gasteiger partial charge in [-0.3, -0.25) is 0 Å². The van der Waals surface area contributed by atoms with Crippen molar-refractivity contribution in [3.8, 4) is 22.8 Å². The van der Waals surface area contributed by atoms with Gasteiger partial charge in [-0.2, -0.15) is 0 Å². The molecule has 160 valence electrons. The number of imidazole rings is 2. The van der Waals surface area contributed by atoms with Crippen LogP contribution in [0.4, 0.5) is 5.69 Å². The summed E-state index contributed by atoms with van der Waals surface area (Å²) in [5, 5.41) is 0. The van der Waals surface area contributed by atoms with Crippen LogP contribution in [0, 0.1) is 3.57 Å². The highest BCUT2D eigenvalue weighted by Crippen LogP contribution is 2.28. The first kappa shape index (κ1) is 19.8. The minimum atomic E-state index is 0.878. The van der Waals surface area contributed by atoms with Gasteiger partial charge in [0.25, 0.3) is 0 Å². The Balaban J connectivity index is 1.33. The molecule has 0 radical (unpaired) electrons. The van der Waals surface area contributed by atoms with Gasteiger partial charge >= 0.3 is 0 Å². The van der Waals surface area contributed by atoms with E-state index in [2.05, 4.69) is 110 Å². The van der Waals surface area contributed by atoms with E-state index in [1.54, 1.807) is 0 Å². The first-order valence-electron chi connectivity index (χ1n) is 10.8. The first-order valence-corrected chi connectivity index (χ1v) is 11.9. The van der Waals surface area contributed by atoms with Crippen LogP contribution in [-0.2, 0) is 0 Å². The number of rotatable bonds is 3. The summed E-state index contributed by atoms with van der Waals surface area (Å²) >= 11 is 2.33. The number of piperazine rings is 1. The van der Waals surface area contributed by atoms with Crippen LogP contribution < -0.4 is 4.90 Å². The maximum Gasteiger partial charge on any atom is 0.138 e. The second-order valence-corrected chi connectivity index (χ2v) is 9.65. The van der Waals surface area contributed by atoms with Crippen molar-refractivity contribution in [3.05, 3.63) is 64.2 Å². The van der Waals surface area contributed by atoms with Crippen molar-refractivity contribution >= 4 is 50.3 Å². The summed E-state index contributed by atoms with van der Waals surface area (Å²) in [7, 11) is 2.18. The molecule has 1 aliphatic heterocycles. The summed E-state index contributed by atoms with van der Waals surface area (Å²) in [5.41, 5.74) is 7.42. The fourth-order valence-electron chi connectivity index (χ4n) is 4.33. The van der Waals surface area contributed by atoms with Crippen molar-refractivity contribution < 1.29 is 0 Å². The molecule has 0 bridgehead atoms. The molecule has 6 rings (SSSR count). The Hall–Kier alpha value is -2.91. The SMILES string of the molecule is CN1CCN(c2ccc3nc(-c4ccc5nc(-c6cccc(I)c6)[nH]c5c4)[nH]c3c2)CC1. The number of anilines is 1. The molecular weight excluding hydrogens is 511 g/mol. The van der Waals surface area contributed by atoms with Crippen molar-refractivity contribution in [1.82, 2.24) is 24.8 Å². The number of nitrogens with zero attached hydrogens (tertiary/aromatic N) is 4. The molecule has 1 aliphatic rings. The maximum absolute atomic E-state index is 4.85. The Kier molecular flexibility index (Phi) is 4.87. The zero-order valence-corrected chi connectivity index (χ0v) is 19.9. The maximum atomic E-state index is 4.85. The molecule has 0 aliphatic carbocycles. The summed E-state index contributed by atoms with van der Waals surface area (Å²) in [6.07, 6.45) is 0. The average Bonchev–Trinajstić information content (AvgIpc) is 3.43. The lowest BCUT2D eigenvalue weighted by molar-refractivity contribution is 0.313. The molecule has 0 atom stereocenters. The number of aromatic amines is 2.